The minimum atomic E-state index is -0.536. The van der Waals surface area contributed by atoms with Crippen molar-refractivity contribution in [1.82, 2.24) is 10.2 Å². The molecule has 8 nitrogen and oxygen atoms in total. The van der Waals surface area contributed by atoms with E-state index in [0.717, 1.165) is 11.8 Å². The molecule has 1 aromatic heterocycles. The number of aryl methyl sites for hydroxylation is 1. The monoisotopic (exact) mass is 404 g/mol. The molecule has 1 heterocycles. The minimum absolute atomic E-state index is 0.0340. The van der Waals surface area contributed by atoms with Crippen LogP contribution < -0.4 is 5.32 Å². The number of thioether (sulfide) groups is 1. The van der Waals surface area contributed by atoms with Crippen LogP contribution in [0.5, 0.6) is 0 Å². The number of hydrogen-bond acceptors (Lipinski definition) is 7. The third kappa shape index (κ3) is 4.63. The summed E-state index contributed by atoms with van der Waals surface area (Å²) >= 11 is 6.88. The average molecular weight is 405 g/mol. The molecule has 0 saturated carbocycles. The number of nitrogens with one attached hydrogen (secondary N) is 1. The van der Waals surface area contributed by atoms with E-state index in [1.807, 2.05) is 0 Å². The molecule has 0 bridgehead atoms. The van der Waals surface area contributed by atoms with Gasteiger partial charge in [0.1, 0.15) is 5.69 Å². The van der Waals surface area contributed by atoms with E-state index in [-0.39, 0.29) is 22.4 Å². The number of aromatic nitrogens is 2. The number of hydrogen-bond donors (Lipinski definition) is 1. The number of nitro groups is 1. The van der Waals surface area contributed by atoms with Gasteiger partial charge in [0.05, 0.1) is 10.7 Å². The lowest BCUT2D eigenvalue weighted by Gasteiger charge is -2.08. The van der Waals surface area contributed by atoms with E-state index >= 15 is 0 Å². The molecule has 10 heteroatoms. The number of amides is 1. The Morgan fingerprint density at radius 2 is 2.00 bits per heavy atom. The lowest BCUT2D eigenvalue weighted by atomic mass is 10.1. The van der Waals surface area contributed by atoms with Crippen molar-refractivity contribution in [2.24, 2.45) is 0 Å². The predicted molar refractivity (Wildman–Crippen MR) is 102 cm³/mol. The third-order valence-corrected chi connectivity index (χ3v) is 4.61. The first kappa shape index (κ1) is 18.9. The SMILES string of the molecule is Cc1cccc([N+](=O)[O-])c1NC(=O)CSc1nnc(-c2ccc(Cl)cc2)o1. The number of nitrogens with zero attached hydrogens (tertiary/aromatic N) is 3. The molecule has 3 rings (SSSR count). The first-order valence-electron chi connectivity index (χ1n) is 7.70. The van der Waals surface area contributed by atoms with Gasteiger partial charge in [-0.3, -0.25) is 14.9 Å². The van der Waals surface area contributed by atoms with Crippen molar-refractivity contribution in [3.8, 4) is 11.5 Å². The predicted octanol–water partition coefficient (Wildman–Crippen LogP) is 4.34. The van der Waals surface area contributed by atoms with Crippen LogP contribution in [-0.4, -0.2) is 26.8 Å². The summed E-state index contributed by atoms with van der Waals surface area (Å²) in [6.45, 7) is 1.69. The van der Waals surface area contributed by atoms with Gasteiger partial charge in [0, 0.05) is 16.7 Å². The first-order valence-corrected chi connectivity index (χ1v) is 9.06. The van der Waals surface area contributed by atoms with Crippen molar-refractivity contribution in [3.05, 3.63) is 63.2 Å². The van der Waals surface area contributed by atoms with Crippen molar-refractivity contribution in [2.45, 2.75) is 12.1 Å². The molecule has 0 saturated heterocycles. The fourth-order valence-electron chi connectivity index (χ4n) is 2.25. The standard InChI is InChI=1S/C17H13ClN4O4S/c1-10-3-2-4-13(22(24)25)15(10)19-14(23)9-27-17-21-20-16(26-17)11-5-7-12(18)8-6-11/h2-8H,9H2,1H3,(H,19,23). The summed E-state index contributed by atoms with van der Waals surface area (Å²) in [6, 6.07) is 11.5. The lowest BCUT2D eigenvalue weighted by molar-refractivity contribution is -0.384. The van der Waals surface area contributed by atoms with Crippen LogP contribution in [0.2, 0.25) is 5.02 Å². The number of nitro benzene ring substituents is 1. The maximum atomic E-state index is 12.2. The zero-order valence-corrected chi connectivity index (χ0v) is 15.6. The van der Waals surface area contributed by atoms with Gasteiger partial charge < -0.3 is 9.73 Å². The molecule has 27 heavy (non-hydrogen) atoms. The summed E-state index contributed by atoms with van der Waals surface area (Å²) in [4.78, 5) is 22.7. The van der Waals surface area contributed by atoms with Crippen LogP contribution in [-0.2, 0) is 4.79 Å². The number of halogens is 1. The van der Waals surface area contributed by atoms with Gasteiger partial charge in [-0.25, -0.2) is 0 Å². The van der Waals surface area contributed by atoms with E-state index in [4.69, 9.17) is 16.0 Å². The molecule has 3 aromatic rings. The Morgan fingerprint density at radius 1 is 1.26 bits per heavy atom. The molecule has 0 aliphatic rings. The maximum absolute atomic E-state index is 12.2. The molecule has 138 valence electrons. The van der Waals surface area contributed by atoms with Crippen molar-refractivity contribution in [2.75, 3.05) is 11.1 Å². The maximum Gasteiger partial charge on any atom is 0.293 e. The lowest BCUT2D eigenvalue weighted by Crippen LogP contribution is -2.16. The zero-order chi connectivity index (χ0) is 19.4. The van der Waals surface area contributed by atoms with Gasteiger partial charge in [-0.05, 0) is 36.8 Å². The minimum Gasteiger partial charge on any atom is -0.411 e. The topological polar surface area (TPSA) is 111 Å². The Bertz CT molecular complexity index is 991. The number of carbonyl (C=O) groups excluding carboxylic acids is 1. The van der Waals surface area contributed by atoms with E-state index < -0.39 is 10.8 Å². The van der Waals surface area contributed by atoms with Crippen molar-refractivity contribution >= 4 is 40.6 Å². The van der Waals surface area contributed by atoms with Crippen molar-refractivity contribution in [1.29, 1.82) is 0 Å². The second-order valence-corrected chi connectivity index (χ2v) is 6.81. The van der Waals surface area contributed by atoms with Crippen LogP contribution in [0.15, 0.2) is 52.1 Å². The number of carbonyl (C=O) groups is 1. The second kappa shape index (κ2) is 8.19. The Labute approximate surface area is 163 Å². The molecule has 1 amide bonds. The summed E-state index contributed by atoms with van der Waals surface area (Å²) in [6.07, 6.45) is 0. The normalized spacial score (nSPS) is 10.6. The van der Waals surface area contributed by atoms with Gasteiger partial charge in [0.15, 0.2) is 0 Å². The molecule has 0 unspecified atom stereocenters. The Morgan fingerprint density at radius 3 is 2.70 bits per heavy atom. The number of anilines is 1. The molecule has 0 spiro atoms. The molecule has 0 radical (unpaired) electrons. The highest BCUT2D eigenvalue weighted by Gasteiger charge is 2.18. The van der Waals surface area contributed by atoms with E-state index in [1.54, 1.807) is 43.3 Å². The first-order chi connectivity index (χ1) is 12.9. The summed E-state index contributed by atoms with van der Waals surface area (Å²) in [5.41, 5.74) is 1.33. The molecule has 0 aliphatic carbocycles. The zero-order valence-electron chi connectivity index (χ0n) is 14.0. The smallest absolute Gasteiger partial charge is 0.293 e. The van der Waals surface area contributed by atoms with Crippen LogP contribution in [0, 0.1) is 17.0 Å². The highest BCUT2D eigenvalue weighted by molar-refractivity contribution is 7.99. The summed E-state index contributed by atoms with van der Waals surface area (Å²) in [5.74, 6) is -0.138. The van der Waals surface area contributed by atoms with Crippen molar-refractivity contribution < 1.29 is 14.1 Å². The highest BCUT2D eigenvalue weighted by atomic mass is 35.5. The van der Waals surface area contributed by atoms with Gasteiger partial charge >= 0.3 is 0 Å². The van der Waals surface area contributed by atoms with Gasteiger partial charge in [-0.1, -0.05) is 35.5 Å². The molecular formula is C17H13ClN4O4S. The van der Waals surface area contributed by atoms with E-state index in [1.165, 1.54) is 6.07 Å². The van der Waals surface area contributed by atoms with E-state index in [0.29, 0.717) is 22.0 Å². The largest absolute Gasteiger partial charge is 0.411 e. The Kier molecular flexibility index (Phi) is 5.72. The van der Waals surface area contributed by atoms with E-state index in [9.17, 15) is 14.9 Å². The van der Waals surface area contributed by atoms with Gasteiger partial charge in [-0.15, -0.1) is 10.2 Å². The highest BCUT2D eigenvalue weighted by Crippen LogP contribution is 2.28. The van der Waals surface area contributed by atoms with Crippen LogP contribution in [0.25, 0.3) is 11.5 Å². The number of rotatable bonds is 6. The van der Waals surface area contributed by atoms with Gasteiger partial charge in [-0.2, -0.15) is 0 Å². The fourth-order valence-corrected chi connectivity index (χ4v) is 2.94. The van der Waals surface area contributed by atoms with Crippen molar-refractivity contribution in [3.63, 3.8) is 0 Å². The average Bonchev–Trinajstić information content (AvgIpc) is 3.11. The number of benzene rings is 2. The Balaban J connectivity index is 1.64. The van der Waals surface area contributed by atoms with Crippen LogP contribution in [0.3, 0.4) is 0 Å². The summed E-state index contributed by atoms with van der Waals surface area (Å²) in [5, 5.41) is 22.3. The quantitative estimate of drug-likeness (QED) is 0.369. The Hall–Kier alpha value is -2.91. The molecular weight excluding hydrogens is 392 g/mol. The molecule has 0 aliphatic heterocycles. The summed E-state index contributed by atoms with van der Waals surface area (Å²) in [7, 11) is 0. The van der Waals surface area contributed by atoms with Crippen LogP contribution in [0.1, 0.15) is 5.56 Å². The van der Waals surface area contributed by atoms with Gasteiger partial charge in [0.25, 0.3) is 10.9 Å². The van der Waals surface area contributed by atoms with E-state index in [2.05, 4.69) is 15.5 Å². The van der Waals surface area contributed by atoms with Crippen LogP contribution >= 0.6 is 23.4 Å². The van der Waals surface area contributed by atoms with Crippen LogP contribution in [0.4, 0.5) is 11.4 Å². The molecule has 0 atom stereocenters. The number of para-hydroxylation sites is 1. The molecule has 1 N–H and O–H groups in total. The molecule has 2 aromatic carbocycles. The summed E-state index contributed by atoms with van der Waals surface area (Å²) < 4.78 is 5.51. The second-order valence-electron chi connectivity index (χ2n) is 5.44. The molecule has 0 fully saturated rings. The third-order valence-electron chi connectivity index (χ3n) is 3.54. The fraction of sp³-hybridized carbons (Fsp3) is 0.118. The van der Waals surface area contributed by atoms with Gasteiger partial charge in [0.2, 0.25) is 11.8 Å².